The first kappa shape index (κ1) is 17.2. The van der Waals surface area contributed by atoms with E-state index in [0.717, 1.165) is 17.8 Å². The average Bonchev–Trinajstić information content (AvgIpc) is 2.56. The van der Waals surface area contributed by atoms with Crippen molar-refractivity contribution in [2.45, 2.75) is 32.5 Å². The van der Waals surface area contributed by atoms with Crippen molar-refractivity contribution in [1.82, 2.24) is 5.43 Å². The fourth-order valence-electron chi connectivity index (χ4n) is 2.64. The Kier molecular flexibility index (Phi) is 5.34. The third kappa shape index (κ3) is 4.04. The van der Waals surface area contributed by atoms with Crippen LogP contribution in [0.3, 0.4) is 0 Å². The molecule has 0 radical (unpaired) electrons. The van der Waals surface area contributed by atoms with Crippen LogP contribution in [-0.4, -0.2) is 25.8 Å². The maximum atomic E-state index is 5.41. The predicted molar refractivity (Wildman–Crippen MR) is 108 cm³/mol. The molecule has 2 aromatic rings. The van der Waals surface area contributed by atoms with E-state index in [4.69, 9.17) is 12.2 Å². The van der Waals surface area contributed by atoms with Gasteiger partial charge in [0.2, 0.25) is 0 Å². The zero-order valence-corrected chi connectivity index (χ0v) is 16.7. The van der Waals surface area contributed by atoms with Gasteiger partial charge in [-0.3, -0.25) is 0 Å². The SMILES string of the molecule is Cc1ccc(C)c(NC(=S)N/N=C2\CC[Se]c3ccc(C)cc32)c1. The van der Waals surface area contributed by atoms with Crippen LogP contribution in [0.5, 0.6) is 0 Å². The predicted octanol–water partition coefficient (Wildman–Crippen LogP) is 3.45. The summed E-state index contributed by atoms with van der Waals surface area (Å²) in [5, 5.41) is 9.55. The molecule has 1 heterocycles. The summed E-state index contributed by atoms with van der Waals surface area (Å²) in [6.07, 6.45) is 1.01. The number of nitrogens with one attached hydrogen (secondary N) is 2. The number of anilines is 1. The molecule has 3 rings (SSSR count). The first-order valence-corrected chi connectivity index (χ1v) is 10.4. The van der Waals surface area contributed by atoms with Crippen LogP contribution in [0.15, 0.2) is 41.5 Å². The normalized spacial score (nSPS) is 15.0. The molecule has 0 unspecified atom stereocenters. The Balaban J connectivity index is 1.73. The fraction of sp³-hybridized carbons (Fsp3) is 0.263. The van der Waals surface area contributed by atoms with Crippen LogP contribution < -0.4 is 15.2 Å². The Morgan fingerprint density at radius 1 is 1.08 bits per heavy atom. The third-order valence-corrected chi connectivity index (χ3v) is 6.43. The molecule has 0 aromatic heterocycles. The van der Waals surface area contributed by atoms with Gasteiger partial charge < -0.3 is 0 Å². The number of nitrogens with zero attached hydrogens (tertiary/aromatic N) is 1. The summed E-state index contributed by atoms with van der Waals surface area (Å²) >= 11 is 5.96. The van der Waals surface area contributed by atoms with E-state index in [9.17, 15) is 0 Å². The van der Waals surface area contributed by atoms with Gasteiger partial charge >= 0.3 is 155 Å². The number of hydrazone groups is 1. The van der Waals surface area contributed by atoms with E-state index in [1.165, 1.54) is 32.0 Å². The maximum absolute atomic E-state index is 5.41. The van der Waals surface area contributed by atoms with Gasteiger partial charge in [-0.2, -0.15) is 0 Å². The Hall–Kier alpha value is -1.68. The van der Waals surface area contributed by atoms with Crippen LogP contribution in [-0.2, 0) is 0 Å². The molecule has 1 aliphatic heterocycles. The van der Waals surface area contributed by atoms with Gasteiger partial charge in [0.25, 0.3) is 0 Å². The number of fused-ring (bicyclic) bond motifs is 1. The van der Waals surface area contributed by atoms with Crippen LogP contribution in [0, 0.1) is 20.8 Å². The second-order valence-electron chi connectivity index (χ2n) is 6.04. The molecule has 5 heteroatoms. The summed E-state index contributed by atoms with van der Waals surface area (Å²) in [6.45, 7) is 6.27. The van der Waals surface area contributed by atoms with Crippen molar-refractivity contribution in [2.24, 2.45) is 5.10 Å². The number of benzene rings is 2. The number of thiocarbonyl (C=S) groups is 1. The van der Waals surface area contributed by atoms with Crippen LogP contribution in [0.4, 0.5) is 5.69 Å². The van der Waals surface area contributed by atoms with E-state index in [-0.39, 0.29) is 0 Å². The minimum absolute atomic E-state index is 0.529. The van der Waals surface area contributed by atoms with Crippen LogP contribution in [0.25, 0.3) is 0 Å². The average molecular weight is 402 g/mol. The fourth-order valence-corrected chi connectivity index (χ4v) is 4.92. The molecular formula is C19H21N3SSe. The van der Waals surface area contributed by atoms with Gasteiger partial charge in [-0.1, -0.05) is 0 Å². The number of hydrogen-bond donors (Lipinski definition) is 2. The Bertz CT molecular complexity index is 814. The molecule has 0 spiro atoms. The van der Waals surface area contributed by atoms with Gasteiger partial charge in [-0.15, -0.1) is 0 Å². The topological polar surface area (TPSA) is 36.4 Å². The van der Waals surface area contributed by atoms with Gasteiger partial charge in [0, 0.05) is 0 Å². The Morgan fingerprint density at radius 3 is 2.67 bits per heavy atom. The number of aryl methyl sites for hydroxylation is 3. The molecule has 0 aliphatic carbocycles. The molecule has 24 heavy (non-hydrogen) atoms. The van der Waals surface area contributed by atoms with Crippen molar-refractivity contribution < 1.29 is 0 Å². The molecule has 0 saturated carbocycles. The van der Waals surface area contributed by atoms with Gasteiger partial charge in [0.1, 0.15) is 0 Å². The zero-order chi connectivity index (χ0) is 17.1. The molecule has 0 fully saturated rings. The molecule has 0 bridgehead atoms. The summed E-state index contributed by atoms with van der Waals surface area (Å²) in [5.41, 5.74) is 10.1. The van der Waals surface area contributed by atoms with E-state index in [0.29, 0.717) is 20.1 Å². The first-order valence-electron chi connectivity index (χ1n) is 7.97. The second kappa shape index (κ2) is 7.47. The van der Waals surface area contributed by atoms with Crippen molar-refractivity contribution in [3.8, 4) is 0 Å². The summed E-state index contributed by atoms with van der Waals surface area (Å²) in [6, 6.07) is 12.9. The number of rotatable bonds is 2. The molecule has 3 nitrogen and oxygen atoms in total. The van der Waals surface area contributed by atoms with E-state index in [1.807, 2.05) is 0 Å². The van der Waals surface area contributed by atoms with E-state index in [1.54, 1.807) is 0 Å². The van der Waals surface area contributed by atoms with Crippen molar-refractivity contribution >= 4 is 48.1 Å². The standard InChI is InChI=1S/C19H21N3SSe/c1-12-5-7-18-15(10-12)16(8-9-24-18)21-22-19(23)20-17-11-13(2)4-6-14(17)3/h4-7,10-11H,8-9H2,1-3H3,(H2,20,22,23)/b21-16+. The van der Waals surface area contributed by atoms with E-state index < -0.39 is 0 Å². The molecule has 2 N–H and O–H groups in total. The van der Waals surface area contributed by atoms with E-state index >= 15 is 0 Å². The van der Waals surface area contributed by atoms with Gasteiger partial charge in [0.05, 0.1) is 0 Å². The summed E-state index contributed by atoms with van der Waals surface area (Å²) < 4.78 is 1.44. The molecule has 0 atom stereocenters. The Labute approximate surface area is 155 Å². The van der Waals surface area contributed by atoms with Crippen molar-refractivity contribution in [1.29, 1.82) is 0 Å². The van der Waals surface area contributed by atoms with Crippen LogP contribution >= 0.6 is 12.2 Å². The summed E-state index contributed by atoms with van der Waals surface area (Å²) in [7, 11) is 0. The second-order valence-corrected chi connectivity index (χ2v) is 8.83. The molecule has 2 aromatic carbocycles. The molecule has 1 aliphatic rings. The molecule has 0 saturated heterocycles. The van der Waals surface area contributed by atoms with Crippen molar-refractivity contribution in [3.05, 3.63) is 58.7 Å². The summed E-state index contributed by atoms with van der Waals surface area (Å²) in [5.74, 6) is 0. The molecular weight excluding hydrogens is 381 g/mol. The van der Waals surface area contributed by atoms with Crippen LogP contribution in [0.1, 0.15) is 28.7 Å². The third-order valence-electron chi connectivity index (χ3n) is 3.98. The van der Waals surface area contributed by atoms with Gasteiger partial charge in [-0.25, -0.2) is 0 Å². The number of hydrogen-bond acceptors (Lipinski definition) is 2. The molecule has 0 amide bonds. The van der Waals surface area contributed by atoms with Crippen LogP contribution in [0.2, 0.25) is 5.32 Å². The minimum atomic E-state index is 0.529. The Morgan fingerprint density at radius 2 is 1.83 bits per heavy atom. The summed E-state index contributed by atoms with van der Waals surface area (Å²) in [4.78, 5) is 0. The monoisotopic (exact) mass is 403 g/mol. The van der Waals surface area contributed by atoms with Crippen molar-refractivity contribution in [3.63, 3.8) is 0 Å². The zero-order valence-electron chi connectivity index (χ0n) is 14.1. The van der Waals surface area contributed by atoms with Crippen molar-refractivity contribution in [2.75, 3.05) is 5.32 Å². The quantitative estimate of drug-likeness (QED) is 0.459. The molecule has 124 valence electrons. The van der Waals surface area contributed by atoms with Gasteiger partial charge in [-0.05, 0) is 0 Å². The van der Waals surface area contributed by atoms with Gasteiger partial charge in [0.15, 0.2) is 0 Å². The first-order chi connectivity index (χ1) is 11.5. The van der Waals surface area contributed by atoms with E-state index in [2.05, 4.69) is 73.0 Å².